The molecule has 0 atom stereocenters. The van der Waals surface area contributed by atoms with Crippen LogP contribution in [0.4, 0.5) is 0 Å². The highest BCUT2D eigenvalue weighted by Gasteiger charge is 2.16. The molecule has 21 heavy (non-hydrogen) atoms. The van der Waals surface area contributed by atoms with Crippen LogP contribution < -0.4 is 14.8 Å². The Morgan fingerprint density at radius 1 is 1.19 bits per heavy atom. The molecule has 4 nitrogen and oxygen atoms in total. The molecule has 0 saturated carbocycles. The fourth-order valence-electron chi connectivity index (χ4n) is 2.28. The molecule has 0 unspecified atom stereocenters. The Morgan fingerprint density at radius 3 is 2.95 bits per heavy atom. The first-order valence-electron chi connectivity index (χ1n) is 7.00. The molecule has 5 heteroatoms. The second-order valence-corrected chi connectivity index (χ2v) is 5.30. The zero-order valence-electron chi connectivity index (χ0n) is 11.6. The Bertz CT molecular complexity index is 605. The van der Waals surface area contributed by atoms with E-state index >= 15 is 0 Å². The Kier molecular flexibility index (Phi) is 4.58. The topological polar surface area (TPSA) is 43.4 Å². The molecule has 1 aliphatic rings. The average molecular weight is 305 g/mol. The van der Waals surface area contributed by atoms with Gasteiger partial charge >= 0.3 is 0 Å². The van der Waals surface area contributed by atoms with Gasteiger partial charge in [0.1, 0.15) is 13.2 Å². The molecule has 0 spiro atoms. The Morgan fingerprint density at radius 2 is 2.10 bits per heavy atom. The molecule has 3 rings (SSSR count). The van der Waals surface area contributed by atoms with Gasteiger partial charge in [-0.15, -0.1) is 0 Å². The number of rotatable bonds is 5. The van der Waals surface area contributed by atoms with Crippen molar-refractivity contribution in [3.8, 4) is 11.5 Å². The molecule has 1 N–H and O–H groups in total. The van der Waals surface area contributed by atoms with Crippen LogP contribution in [0.5, 0.6) is 11.5 Å². The SMILES string of the molecule is Clc1cc(CCNCc2cccnc2)cc2c1OCCO2. The zero-order chi connectivity index (χ0) is 14.5. The maximum Gasteiger partial charge on any atom is 0.179 e. The summed E-state index contributed by atoms with van der Waals surface area (Å²) in [7, 11) is 0. The summed E-state index contributed by atoms with van der Waals surface area (Å²) < 4.78 is 11.1. The molecular formula is C16H17ClN2O2. The lowest BCUT2D eigenvalue weighted by Gasteiger charge is -2.20. The van der Waals surface area contributed by atoms with Gasteiger partial charge in [0.25, 0.3) is 0 Å². The van der Waals surface area contributed by atoms with E-state index in [4.69, 9.17) is 21.1 Å². The van der Waals surface area contributed by atoms with Crippen molar-refractivity contribution >= 4 is 11.6 Å². The van der Waals surface area contributed by atoms with Gasteiger partial charge in [-0.1, -0.05) is 17.7 Å². The summed E-state index contributed by atoms with van der Waals surface area (Å²) in [6.45, 7) is 2.81. The zero-order valence-corrected chi connectivity index (χ0v) is 12.4. The fraction of sp³-hybridized carbons (Fsp3) is 0.312. The van der Waals surface area contributed by atoms with E-state index in [0.717, 1.165) is 30.8 Å². The number of aromatic nitrogens is 1. The standard InChI is InChI=1S/C16H17ClN2O2/c17-14-8-12(9-15-16(14)21-7-6-20-15)3-5-19-11-13-2-1-4-18-10-13/h1-2,4,8-10,19H,3,5-7,11H2. The van der Waals surface area contributed by atoms with Gasteiger partial charge in [-0.3, -0.25) is 4.98 Å². The maximum atomic E-state index is 6.22. The monoisotopic (exact) mass is 304 g/mol. The molecule has 1 aromatic heterocycles. The minimum Gasteiger partial charge on any atom is -0.486 e. The van der Waals surface area contributed by atoms with Crippen LogP contribution in [0.1, 0.15) is 11.1 Å². The molecule has 2 heterocycles. The van der Waals surface area contributed by atoms with Crippen LogP contribution in [0.2, 0.25) is 5.02 Å². The second kappa shape index (κ2) is 6.78. The minimum atomic E-state index is 0.554. The van der Waals surface area contributed by atoms with Crippen molar-refractivity contribution in [2.75, 3.05) is 19.8 Å². The molecular weight excluding hydrogens is 288 g/mol. The highest BCUT2D eigenvalue weighted by atomic mass is 35.5. The number of hydrogen-bond donors (Lipinski definition) is 1. The van der Waals surface area contributed by atoms with Crippen molar-refractivity contribution in [3.63, 3.8) is 0 Å². The van der Waals surface area contributed by atoms with E-state index in [1.165, 1.54) is 5.56 Å². The molecule has 0 amide bonds. The van der Waals surface area contributed by atoms with Crippen molar-refractivity contribution < 1.29 is 9.47 Å². The van der Waals surface area contributed by atoms with Gasteiger partial charge in [0.15, 0.2) is 11.5 Å². The molecule has 0 saturated heterocycles. The minimum absolute atomic E-state index is 0.554. The third-order valence-electron chi connectivity index (χ3n) is 3.30. The van der Waals surface area contributed by atoms with Crippen molar-refractivity contribution in [2.45, 2.75) is 13.0 Å². The number of nitrogens with zero attached hydrogens (tertiary/aromatic N) is 1. The van der Waals surface area contributed by atoms with Crippen LogP contribution in [-0.4, -0.2) is 24.7 Å². The number of nitrogens with one attached hydrogen (secondary N) is 1. The van der Waals surface area contributed by atoms with Crippen LogP contribution in [0.15, 0.2) is 36.7 Å². The normalized spacial score (nSPS) is 13.2. The Balaban J connectivity index is 1.55. The van der Waals surface area contributed by atoms with E-state index in [9.17, 15) is 0 Å². The van der Waals surface area contributed by atoms with Gasteiger partial charge in [-0.05, 0) is 42.3 Å². The summed E-state index contributed by atoms with van der Waals surface area (Å²) in [5, 5.41) is 4.01. The van der Waals surface area contributed by atoms with Gasteiger partial charge in [0.05, 0.1) is 5.02 Å². The Labute approximate surface area is 129 Å². The van der Waals surface area contributed by atoms with Crippen LogP contribution >= 0.6 is 11.6 Å². The Hall–Kier alpha value is -1.78. The van der Waals surface area contributed by atoms with Crippen LogP contribution in [0, 0.1) is 0 Å². The molecule has 0 fully saturated rings. The molecule has 110 valence electrons. The van der Waals surface area contributed by atoms with Crippen molar-refractivity contribution in [1.29, 1.82) is 0 Å². The first-order chi connectivity index (χ1) is 10.3. The van der Waals surface area contributed by atoms with Crippen LogP contribution in [-0.2, 0) is 13.0 Å². The lowest BCUT2D eigenvalue weighted by molar-refractivity contribution is 0.171. The van der Waals surface area contributed by atoms with Crippen LogP contribution in [0.3, 0.4) is 0 Å². The lowest BCUT2D eigenvalue weighted by atomic mass is 10.1. The number of hydrogen-bond acceptors (Lipinski definition) is 4. The average Bonchev–Trinajstić information content (AvgIpc) is 2.53. The summed E-state index contributed by atoms with van der Waals surface area (Å²) in [5.74, 6) is 1.41. The van der Waals surface area contributed by atoms with E-state index in [2.05, 4.69) is 16.4 Å². The molecule has 0 bridgehead atoms. The summed E-state index contributed by atoms with van der Waals surface area (Å²) in [5.41, 5.74) is 2.32. The number of benzene rings is 1. The highest BCUT2D eigenvalue weighted by Crippen LogP contribution is 2.38. The smallest absolute Gasteiger partial charge is 0.179 e. The number of ether oxygens (including phenoxy) is 2. The second-order valence-electron chi connectivity index (χ2n) is 4.89. The largest absolute Gasteiger partial charge is 0.486 e. The quantitative estimate of drug-likeness (QED) is 0.863. The van der Waals surface area contributed by atoms with Crippen molar-refractivity contribution in [3.05, 3.63) is 52.8 Å². The lowest BCUT2D eigenvalue weighted by Crippen LogP contribution is -2.18. The predicted molar refractivity (Wildman–Crippen MR) is 82.1 cm³/mol. The van der Waals surface area contributed by atoms with Gasteiger partial charge in [0, 0.05) is 18.9 Å². The number of fused-ring (bicyclic) bond motifs is 1. The van der Waals surface area contributed by atoms with E-state index in [1.54, 1.807) is 6.20 Å². The molecule has 0 radical (unpaired) electrons. The summed E-state index contributed by atoms with van der Waals surface area (Å²) in [6.07, 6.45) is 4.53. The summed E-state index contributed by atoms with van der Waals surface area (Å²) in [6, 6.07) is 7.95. The predicted octanol–water partition coefficient (Wildman–Crippen LogP) is 2.84. The molecule has 1 aromatic carbocycles. The first kappa shape index (κ1) is 14.2. The highest BCUT2D eigenvalue weighted by molar-refractivity contribution is 6.32. The molecule has 2 aromatic rings. The van der Waals surface area contributed by atoms with E-state index < -0.39 is 0 Å². The summed E-state index contributed by atoms with van der Waals surface area (Å²) in [4.78, 5) is 4.09. The molecule has 1 aliphatic heterocycles. The fourth-order valence-corrected chi connectivity index (χ4v) is 2.56. The van der Waals surface area contributed by atoms with E-state index in [1.807, 2.05) is 24.4 Å². The van der Waals surface area contributed by atoms with Gasteiger partial charge in [-0.2, -0.15) is 0 Å². The first-order valence-corrected chi connectivity index (χ1v) is 7.38. The summed E-state index contributed by atoms with van der Waals surface area (Å²) >= 11 is 6.22. The third-order valence-corrected chi connectivity index (χ3v) is 3.58. The van der Waals surface area contributed by atoms with E-state index in [0.29, 0.717) is 24.0 Å². The number of halogens is 1. The van der Waals surface area contributed by atoms with Crippen molar-refractivity contribution in [2.24, 2.45) is 0 Å². The molecule has 0 aliphatic carbocycles. The van der Waals surface area contributed by atoms with E-state index in [-0.39, 0.29) is 0 Å². The van der Waals surface area contributed by atoms with Gasteiger partial charge < -0.3 is 14.8 Å². The number of pyridine rings is 1. The third kappa shape index (κ3) is 3.65. The van der Waals surface area contributed by atoms with Crippen LogP contribution in [0.25, 0.3) is 0 Å². The van der Waals surface area contributed by atoms with Gasteiger partial charge in [0.2, 0.25) is 0 Å². The van der Waals surface area contributed by atoms with Crippen molar-refractivity contribution in [1.82, 2.24) is 10.3 Å². The van der Waals surface area contributed by atoms with Gasteiger partial charge in [-0.25, -0.2) is 0 Å². The maximum absolute atomic E-state index is 6.22.